The summed E-state index contributed by atoms with van der Waals surface area (Å²) in [6, 6.07) is 10.4. The summed E-state index contributed by atoms with van der Waals surface area (Å²) in [4.78, 5) is 26.9. The quantitative estimate of drug-likeness (QED) is 0.677. The Labute approximate surface area is 174 Å². The van der Waals surface area contributed by atoms with E-state index in [4.69, 9.17) is 11.6 Å². The molecule has 2 N–H and O–H groups in total. The summed E-state index contributed by atoms with van der Waals surface area (Å²) >= 11 is 7.69. The van der Waals surface area contributed by atoms with Crippen LogP contribution in [0, 0.1) is 5.92 Å². The van der Waals surface area contributed by atoms with Crippen LogP contribution in [0.3, 0.4) is 0 Å². The fourth-order valence-corrected chi connectivity index (χ4v) is 4.94. The van der Waals surface area contributed by atoms with Gasteiger partial charge in [-0.1, -0.05) is 41.6 Å². The molecule has 0 saturated carbocycles. The van der Waals surface area contributed by atoms with Crippen molar-refractivity contribution in [3.63, 3.8) is 0 Å². The third kappa shape index (κ3) is 3.96. The predicted molar refractivity (Wildman–Crippen MR) is 103 cm³/mol. The van der Waals surface area contributed by atoms with Gasteiger partial charge in [-0.15, -0.1) is 0 Å². The second kappa shape index (κ2) is 7.57. The summed E-state index contributed by atoms with van der Waals surface area (Å²) in [6.07, 6.45) is -5.01. The molecule has 2 amide bonds. The number of benzene rings is 2. The molecule has 0 spiro atoms. The van der Waals surface area contributed by atoms with Crippen LogP contribution in [-0.2, 0) is 9.59 Å². The Hall–Kier alpha value is -2.19. The lowest BCUT2D eigenvalue weighted by molar-refractivity contribution is -0.171. The molecule has 2 aromatic rings. The Morgan fingerprint density at radius 1 is 1.10 bits per heavy atom. The molecule has 1 fully saturated rings. The third-order valence-electron chi connectivity index (χ3n) is 5.11. The molecular weight excluding hydrogens is 425 g/mol. The number of carbonyl (C=O) groups is 2. The van der Waals surface area contributed by atoms with Crippen molar-refractivity contribution < 1.29 is 22.8 Å². The van der Waals surface area contributed by atoms with Crippen LogP contribution < -0.4 is 10.6 Å². The summed E-state index contributed by atoms with van der Waals surface area (Å²) in [5.41, 5.74) is 1.64. The first-order valence-corrected chi connectivity index (χ1v) is 10.2. The molecule has 29 heavy (non-hydrogen) atoms. The number of halogens is 4. The van der Waals surface area contributed by atoms with Crippen LogP contribution in [0.2, 0.25) is 5.02 Å². The van der Waals surface area contributed by atoms with Gasteiger partial charge in [0, 0.05) is 14.8 Å². The molecule has 3 unspecified atom stereocenters. The molecule has 4 nitrogen and oxygen atoms in total. The molecule has 152 valence electrons. The number of rotatable bonds is 2. The van der Waals surface area contributed by atoms with E-state index in [1.165, 1.54) is 0 Å². The van der Waals surface area contributed by atoms with Gasteiger partial charge < -0.3 is 10.6 Å². The van der Waals surface area contributed by atoms with Gasteiger partial charge in [0.1, 0.15) is 12.0 Å². The van der Waals surface area contributed by atoms with Gasteiger partial charge >= 0.3 is 6.18 Å². The standard InChI is InChI=1S/C20H16ClF3N2O2S/c21-10-5-7-15-13(9-10)17(11-3-1-2-4-14(11)29-15)26-19(28)12-6-8-16(20(22,23)24)25-18(12)27/h1-5,7,9,12,16-17H,6,8H2,(H,25,27)(H,26,28). The summed E-state index contributed by atoms with van der Waals surface area (Å²) < 4.78 is 38.6. The SMILES string of the molecule is O=C(NC1c2ccccc2Sc2ccc(Cl)cc21)C1CCC(C(F)(F)F)NC1=O. The van der Waals surface area contributed by atoms with E-state index in [1.54, 1.807) is 23.9 Å². The van der Waals surface area contributed by atoms with Crippen molar-refractivity contribution in [2.75, 3.05) is 0 Å². The van der Waals surface area contributed by atoms with Crippen LogP contribution in [0.5, 0.6) is 0 Å². The van der Waals surface area contributed by atoms with Crippen LogP contribution in [0.25, 0.3) is 0 Å². The van der Waals surface area contributed by atoms with Gasteiger partial charge in [-0.2, -0.15) is 13.2 Å². The molecule has 9 heteroatoms. The first-order chi connectivity index (χ1) is 13.7. The number of amides is 2. The van der Waals surface area contributed by atoms with Gasteiger partial charge in [0.05, 0.1) is 6.04 Å². The number of hydrogen-bond donors (Lipinski definition) is 2. The Balaban J connectivity index is 1.59. The van der Waals surface area contributed by atoms with Crippen molar-refractivity contribution >= 4 is 35.2 Å². The topological polar surface area (TPSA) is 58.2 Å². The van der Waals surface area contributed by atoms with Gasteiger partial charge in [-0.25, -0.2) is 0 Å². The number of hydrogen-bond acceptors (Lipinski definition) is 3. The Morgan fingerprint density at radius 2 is 1.83 bits per heavy atom. The molecule has 0 aliphatic carbocycles. The van der Waals surface area contributed by atoms with E-state index in [-0.39, 0.29) is 12.8 Å². The number of nitrogens with one attached hydrogen (secondary N) is 2. The highest BCUT2D eigenvalue weighted by Gasteiger charge is 2.46. The zero-order chi connectivity index (χ0) is 20.8. The lowest BCUT2D eigenvalue weighted by atomic mass is 9.91. The molecule has 2 aromatic carbocycles. The van der Waals surface area contributed by atoms with Gasteiger partial charge in [-0.05, 0) is 48.2 Å². The summed E-state index contributed by atoms with van der Waals surface area (Å²) in [7, 11) is 0. The van der Waals surface area contributed by atoms with E-state index in [0.29, 0.717) is 5.02 Å². The van der Waals surface area contributed by atoms with E-state index < -0.39 is 36.0 Å². The van der Waals surface area contributed by atoms with E-state index in [0.717, 1.165) is 20.9 Å². The van der Waals surface area contributed by atoms with Crippen LogP contribution in [0.1, 0.15) is 30.0 Å². The number of carbonyl (C=O) groups excluding carboxylic acids is 2. The lowest BCUT2D eigenvalue weighted by Gasteiger charge is -2.32. The Morgan fingerprint density at radius 3 is 2.55 bits per heavy atom. The van der Waals surface area contributed by atoms with Crippen LogP contribution in [0.15, 0.2) is 52.3 Å². The second-order valence-corrected chi connectivity index (χ2v) is 8.52. The maximum atomic E-state index is 12.9. The molecule has 3 atom stereocenters. The number of piperidine rings is 1. The summed E-state index contributed by atoms with van der Waals surface area (Å²) in [5, 5.41) is 5.29. The van der Waals surface area contributed by atoms with E-state index >= 15 is 0 Å². The maximum Gasteiger partial charge on any atom is 0.408 e. The molecule has 0 bridgehead atoms. The number of fused-ring (bicyclic) bond motifs is 2. The maximum absolute atomic E-state index is 12.9. The predicted octanol–water partition coefficient (Wildman–Crippen LogP) is 4.47. The smallest absolute Gasteiger partial charge is 0.344 e. The fraction of sp³-hybridized carbons (Fsp3) is 0.300. The molecular formula is C20H16ClF3N2O2S. The Kier molecular flexibility index (Phi) is 5.25. The van der Waals surface area contributed by atoms with Crippen molar-refractivity contribution in [2.45, 2.75) is 40.9 Å². The lowest BCUT2D eigenvalue weighted by Crippen LogP contribution is -2.54. The minimum atomic E-state index is -4.52. The molecule has 0 radical (unpaired) electrons. The van der Waals surface area contributed by atoms with Gasteiger partial charge in [0.25, 0.3) is 0 Å². The fourth-order valence-electron chi connectivity index (χ4n) is 3.64. The molecule has 2 heterocycles. The normalized spacial score (nSPS) is 23.6. The van der Waals surface area contributed by atoms with Crippen LogP contribution in [0.4, 0.5) is 13.2 Å². The molecule has 0 aromatic heterocycles. The highest BCUT2D eigenvalue weighted by atomic mass is 35.5. The second-order valence-electron chi connectivity index (χ2n) is 7.00. The van der Waals surface area contributed by atoms with E-state index in [1.807, 2.05) is 35.6 Å². The largest absolute Gasteiger partial charge is 0.408 e. The average Bonchev–Trinajstić information content (AvgIpc) is 2.67. The Bertz CT molecular complexity index is 982. The summed E-state index contributed by atoms with van der Waals surface area (Å²) in [6.45, 7) is 0. The van der Waals surface area contributed by atoms with Crippen molar-refractivity contribution in [2.24, 2.45) is 5.92 Å². The van der Waals surface area contributed by atoms with Gasteiger partial charge in [0.15, 0.2) is 0 Å². The monoisotopic (exact) mass is 440 g/mol. The van der Waals surface area contributed by atoms with Crippen molar-refractivity contribution in [3.05, 3.63) is 58.6 Å². The first kappa shape index (κ1) is 20.1. The van der Waals surface area contributed by atoms with Crippen molar-refractivity contribution in [1.82, 2.24) is 10.6 Å². The van der Waals surface area contributed by atoms with Crippen LogP contribution in [-0.4, -0.2) is 24.0 Å². The first-order valence-electron chi connectivity index (χ1n) is 8.98. The third-order valence-corrected chi connectivity index (χ3v) is 6.53. The van der Waals surface area contributed by atoms with Crippen LogP contribution >= 0.6 is 23.4 Å². The zero-order valence-corrected chi connectivity index (χ0v) is 16.5. The number of alkyl halides is 3. The van der Waals surface area contributed by atoms with Crippen molar-refractivity contribution in [1.29, 1.82) is 0 Å². The highest BCUT2D eigenvalue weighted by molar-refractivity contribution is 7.99. The minimum Gasteiger partial charge on any atom is -0.344 e. The zero-order valence-electron chi connectivity index (χ0n) is 14.9. The van der Waals surface area contributed by atoms with Crippen molar-refractivity contribution in [3.8, 4) is 0 Å². The molecule has 2 aliphatic rings. The molecule has 1 saturated heterocycles. The highest BCUT2D eigenvalue weighted by Crippen LogP contribution is 2.45. The average molecular weight is 441 g/mol. The van der Waals surface area contributed by atoms with Gasteiger partial charge in [0.2, 0.25) is 11.8 Å². The molecule has 4 rings (SSSR count). The summed E-state index contributed by atoms with van der Waals surface area (Å²) in [5.74, 6) is -2.67. The minimum absolute atomic E-state index is 0.159. The van der Waals surface area contributed by atoms with Gasteiger partial charge in [-0.3, -0.25) is 9.59 Å². The van der Waals surface area contributed by atoms with E-state index in [2.05, 4.69) is 5.32 Å². The van der Waals surface area contributed by atoms with E-state index in [9.17, 15) is 22.8 Å². The molecule has 2 aliphatic heterocycles.